The van der Waals surface area contributed by atoms with Gasteiger partial charge in [0.25, 0.3) is 0 Å². The standard InChI is InChI=1S/C15H18ClN3O/c1-10(2)14(9-20)17-15-8-7-13(18-19-15)11-5-3-4-6-12(11)16/h3-8,10,14,20H,9H2,1-2H3,(H,17,19)/t14-/m1/s1. The van der Waals surface area contributed by atoms with Crippen molar-refractivity contribution >= 4 is 17.4 Å². The molecule has 1 heterocycles. The molecule has 2 rings (SSSR count). The Kier molecular flexibility index (Phi) is 4.93. The average Bonchev–Trinajstić information content (AvgIpc) is 2.46. The SMILES string of the molecule is CC(C)[C@@H](CO)Nc1ccc(-c2ccccc2Cl)nn1. The highest BCUT2D eigenvalue weighted by molar-refractivity contribution is 6.33. The topological polar surface area (TPSA) is 58.0 Å². The van der Waals surface area contributed by atoms with Crippen LogP contribution in [-0.4, -0.2) is 28.0 Å². The lowest BCUT2D eigenvalue weighted by molar-refractivity contribution is 0.249. The lowest BCUT2D eigenvalue weighted by Crippen LogP contribution is -2.29. The first-order valence-corrected chi connectivity index (χ1v) is 6.95. The second-order valence-electron chi connectivity index (χ2n) is 4.96. The number of hydrogen-bond acceptors (Lipinski definition) is 4. The molecule has 1 aromatic heterocycles. The molecular formula is C15H18ClN3O. The Balaban J connectivity index is 2.16. The Morgan fingerprint density at radius 2 is 1.90 bits per heavy atom. The summed E-state index contributed by atoms with van der Waals surface area (Å²) in [6.07, 6.45) is 0. The van der Waals surface area contributed by atoms with Gasteiger partial charge < -0.3 is 10.4 Å². The molecule has 0 bridgehead atoms. The summed E-state index contributed by atoms with van der Waals surface area (Å²) in [6.45, 7) is 4.14. The van der Waals surface area contributed by atoms with Crippen molar-refractivity contribution in [2.24, 2.45) is 5.92 Å². The molecule has 5 heteroatoms. The summed E-state index contributed by atoms with van der Waals surface area (Å²) in [6, 6.07) is 11.2. The number of nitrogens with zero attached hydrogens (tertiary/aromatic N) is 2. The van der Waals surface area contributed by atoms with Gasteiger partial charge in [0.15, 0.2) is 0 Å². The Morgan fingerprint density at radius 1 is 1.15 bits per heavy atom. The number of aliphatic hydroxyl groups is 1. The first-order valence-electron chi connectivity index (χ1n) is 6.58. The molecule has 0 aliphatic carbocycles. The molecular weight excluding hydrogens is 274 g/mol. The maximum absolute atomic E-state index is 9.30. The highest BCUT2D eigenvalue weighted by Crippen LogP contribution is 2.25. The molecule has 0 amide bonds. The third kappa shape index (κ3) is 3.46. The molecule has 4 nitrogen and oxygen atoms in total. The second-order valence-corrected chi connectivity index (χ2v) is 5.37. The number of benzene rings is 1. The molecule has 0 fully saturated rings. The van der Waals surface area contributed by atoms with E-state index in [4.69, 9.17) is 11.6 Å². The van der Waals surface area contributed by atoms with Crippen LogP contribution in [0.5, 0.6) is 0 Å². The van der Waals surface area contributed by atoms with Gasteiger partial charge >= 0.3 is 0 Å². The predicted octanol–water partition coefficient (Wildman–Crippen LogP) is 3.23. The molecule has 2 N–H and O–H groups in total. The zero-order chi connectivity index (χ0) is 14.5. The minimum atomic E-state index is -0.0320. The van der Waals surface area contributed by atoms with Crippen molar-refractivity contribution in [1.82, 2.24) is 10.2 Å². The maximum Gasteiger partial charge on any atom is 0.148 e. The number of aromatic nitrogens is 2. The fourth-order valence-corrected chi connectivity index (χ4v) is 2.07. The highest BCUT2D eigenvalue weighted by atomic mass is 35.5. The molecule has 2 aromatic rings. The lowest BCUT2D eigenvalue weighted by Gasteiger charge is -2.20. The summed E-state index contributed by atoms with van der Waals surface area (Å²) in [7, 11) is 0. The van der Waals surface area contributed by atoms with Crippen molar-refractivity contribution in [3.05, 3.63) is 41.4 Å². The fraction of sp³-hybridized carbons (Fsp3) is 0.333. The molecule has 0 aliphatic rings. The minimum absolute atomic E-state index is 0.0320. The summed E-state index contributed by atoms with van der Waals surface area (Å²) in [5.41, 5.74) is 1.59. The summed E-state index contributed by atoms with van der Waals surface area (Å²) in [5.74, 6) is 0.957. The quantitative estimate of drug-likeness (QED) is 0.888. The summed E-state index contributed by atoms with van der Waals surface area (Å²) in [5, 5.41) is 21.4. The van der Waals surface area contributed by atoms with Crippen molar-refractivity contribution in [1.29, 1.82) is 0 Å². The van der Waals surface area contributed by atoms with Crippen LogP contribution in [0, 0.1) is 5.92 Å². The van der Waals surface area contributed by atoms with Crippen LogP contribution in [0.2, 0.25) is 5.02 Å². The zero-order valence-corrected chi connectivity index (χ0v) is 12.3. The molecule has 0 spiro atoms. The smallest absolute Gasteiger partial charge is 0.148 e. The zero-order valence-electron chi connectivity index (χ0n) is 11.5. The largest absolute Gasteiger partial charge is 0.394 e. The fourth-order valence-electron chi connectivity index (χ4n) is 1.83. The van der Waals surface area contributed by atoms with Crippen LogP contribution >= 0.6 is 11.6 Å². The molecule has 0 saturated heterocycles. The van der Waals surface area contributed by atoms with E-state index in [1.54, 1.807) is 0 Å². The van der Waals surface area contributed by atoms with E-state index in [0.717, 1.165) is 11.3 Å². The van der Waals surface area contributed by atoms with Crippen molar-refractivity contribution in [3.8, 4) is 11.3 Å². The lowest BCUT2D eigenvalue weighted by atomic mass is 10.1. The summed E-state index contributed by atoms with van der Waals surface area (Å²) >= 11 is 6.13. The third-order valence-corrected chi connectivity index (χ3v) is 3.48. The van der Waals surface area contributed by atoms with Gasteiger partial charge in [-0.1, -0.05) is 43.6 Å². The highest BCUT2D eigenvalue weighted by Gasteiger charge is 2.13. The number of hydrogen-bond donors (Lipinski definition) is 2. The van der Waals surface area contributed by atoms with Crippen molar-refractivity contribution in [2.75, 3.05) is 11.9 Å². The Hall–Kier alpha value is -1.65. The average molecular weight is 292 g/mol. The Morgan fingerprint density at radius 3 is 2.45 bits per heavy atom. The van der Waals surface area contributed by atoms with Crippen LogP contribution in [0.1, 0.15) is 13.8 Å². The van der Waals surface area contributed by atoms with Gasteiger partial charge in [0, 0.05) is 5.56 Å². The summed E-state index contributed by atoms with van der Waals surface area (Å²) in [4.78, 5) is 0. The Labute approximate surface area is 123 Å². The van der Waals surface area contributed by atoms with E-state index < -0.39 is 0 Å². The van der Waals surface area contributed by atoms with Gasteiger partial charge in [0.05, 0.1) is 23.4 Å². The second kappa shape index (κ2) is 6.68. The monoisotopic (exact) mass is 291 g/mol. The van der Waals surface area contributed by atoms with Gasteiger partial charge in [-0.2, -0.15) is 0 Å². The van der Waals surface area contributed by atoms with E-state index in [1.165, 1.54) is 0 Å². The number of anilines is 1. The number of aliphatic hydroxyl groups excluding tert-OH is 1. The van der Waals surface area contributed by atoms with Crippen molar-refractivity contribution < 1.29 is 5.11 Å². The third-order valence-electron chi connectivity index (χ3n) is 3.15. The molecule has 0 radical (unpaired) electrons. The van der Waals surface area contributed by atoms with Crippen LogP contribution in [0.4, 0.5) is 5.82 Å². The van der Waals surface area contributed by atoms with Crippen molar-refractivity contribution in [3.63, 3.8) is 0 Å². The molecule has 0 saturated carbocycles. The molecule has 106 valence electrons. The van der Waals surface area contributed by atoms with E-state index in [-0.39, 0.29) is 12.6 Å². The normalized spacial score (nSPS) is 12.4. The molecule has 0 unspecified atom stereocenters. The van der Waals surface area contributed by atoms with Crippen LogP contribution in [-0.2, 0) is 0 Å². The molecule has 20 heavy (non-hydrogen) atoms. The van der Waals surface area contributed by atoms with Crippen LogP contribution in [0.3, 0.4) is 0 Å². The molecule has 1 atom stereocenters. The van der Waals surface area contributed by atoms with E-state index in [1.807, 2.05) is 50.2 Å². The Bertz CT molecular complexity index is 557. The first kappa shape index (κ1) is 14.8. The van der Waals surface area contributed by atoms with E-state index >= 15 is 0 Å². The van der Waals surface area contributed by atoms with Gasteiger partial charge in [-0.15, -0.1) is 10.2 Å². The van der Waals surface area contributed by atoms with Crippen LogP contribution < -0.4 is 5.32 Å². The first-order chi connectivity index (χ1) is 9.61. The van der Waals surface area contributed by atoms with Gasteiger partial charge in [-0.25, -0.2) is 0 Å². The van der Waals surface area contributed by atoms with Crippen molar-refractivity contribution in [2.45, 2.75) is 19.9 Å². The van der Waals surface area contributed by atoms with Gasteiger partial charge in [0.2, 0.25) is 0 Å². The van der Waals surface area contributed by atoms with Gasteiger partial charge in [0.1, 0.15) is 5.82 Å². The van der Waals surface area contributed by atoms with E-state index in [0.29, 0.717) is 16.8 Å². The number of nitrogens with one attached hydrogen (secondary N) is 1. The van der Waals surface area contributed by atoms with Crippen LogP contribution in [0.15, 0.2) is 36.4 Å². The van der Waals surface area contributed by atoms with Crippen LogP contribution in [0.25, 0.3) is 11.3 Å². The van der Waals surface area contributed by atoms with E-state index in [2.05, 4.69) is 15.5 Å². The molecule has 0 aliphatic heterocycles. The maximum atomic E-state index is 9.30. The minimum Gasteiger partial charge on any atom is -0.394 e. The predicted molar refractivity (Wildman–Crippen MR) is 81.8 cm³/mol. The number of halogens is 1. The van der Waals surface area contributed by atoms with Gasteiger partial charge in [-0.3, -0.25) is 0 Å². The van der Waals surface area contributed by atoms with E-state index in [9.17, 15) is 5.11 Å². The summed E-state index contributed by atoms with van der Waals surface area (Å²) < 4.78 is 0. The van der Waals surface area contributed by atoms with Gasteiger partial charge in [-0.05, 0) is 24.1 Å². The number of rotatable bonds is 5. The molecule has 1 aromatic carbocycles.